The van der Waals surface area contributed by atoms with E-state index in [1.54, 1.807) is 30.3 Å². The van der Waals surface area contributed by atoms with Crippen molar-refractivity contribution < 1.29 is 23.9 Å². The summed E-state index contributed by atoms with van der Waals surface area (Å²) in [5.74, 6) is 0.172. The Kier molecular flexibility index (Phi) is 5.56. The molecule has 0 saturated carbocycles. The number of imide groups is 1. The maximum Gasteiger partial charge on any atom is 0.293 e. The second-order valence-corrected chi connectivity index (χ2v) is 7.65. The molecule has 32 heavy (non-hydrogen) atoms. The molecule has 11 heteroatoms. The minimum atomic E-state index is -0.577. The Bertz CT molecular complexity index is 1280. The first-order chi connectivity index (χ1) is 15.3. The zero-order valence-corrected chi connectivity index (χ0v) is 17.0. The van der Waals surface area contributed by atoms with E-state index in [0.717, 1.165) is 4.90 Å². The van der Waals surface area contributed by atoms with Crippen LogP contribution in [0.5, 0.6) is 0 Å². The molecule has 2 heterocycles. The summed E-state index contributed by atoms with van der Waals surface area (Å²) in [6, 6.07) is 15.0. The largest absolute Gasteiger partial charge is 0.457 e. The van der Waals surface area contributed by atoms with Gasteiger partial charge in [0.2, 0.25) is 0 Å². The van der Waals surface area contributed by atoms with Crippen LogP contribution in [0.15, 0.2) is 70.0 Å². The first-order valence-electron chi connectivity index (χ1n) is 9.16. The number of amides is 2. The molecule has 1 saturated heterocycles. The van der Waals surface area contributed by atoms with Crippen molar-refractivity contribution in [3.63, 3.8) is 0 Å². The third-order valence-electron chi connectivity index (χ3n) is 4.65. The van der Waals surface area contributed by atoms with Gasteiger partial charge >= 0.3 is 0 Å². The van der Waals surface area contributed by atoms with Gasteiger partial charge < -0.3 is 4.42 Å². The summed E-state index contributed by atoms with van der Waals surface area (Å²) in [5, 5.41) is 21.4. The van der Waals surface area contributed by atoms with E-state index in [1.807, 2.05) is 0 Å². The molecular weight excluding hydrogens is 438 g/mol. The monoisotopic (exact) mass is 451 g/mol. The fraction of sp³-hybridized carbons (Fsp3) is 0.0476. The molecule has 1 aliphatic heterocycles. The Morgan fingerprint density at radius 3 is 2.34 bits per heavy atom. The summed E-state index contributed by atoms with van der Waals surface area (Å²) in [5.41, 5.74) is 0.640. The molecule has 160 valence electrons. The predicted molar refractivity (Wildman–Crippen MR) is 115 cm³/mol. The highest BCUT2D eigenvalue weighted by Crippen LogP contribution is 2.35. The van der Waals surface area contributed by atoms with Gasteiger partial charge in [-0.2, -0.15) is 0 Å². The third kappa shape index (κ3) is 4.14. The minimum Gasteiger partial charge on any atom is -0.457 e. The number of carbonyl (C=O) groups is 2. The summed E-state index contributed by atoms with van der Waals surface area (Å²) >= 11 is 0.714. The number of benzene rings is 2. The minimum absolute atomic E-state index is 0.0483. The molecule has 4 rings (SSSR count). The van der Waals surface area contributed by atoms with Crippen molar-refractivity contribution in [1.29, 1.82) is 0 Å². The first-order valence-corrected chi connectivity index (χ1v) is 9.97. The standard InChI is InChI=1S/C21H13N3O7S/c25-20-19(32-21(26)22(20)12-14-3-1-2-4-17(14)24(29)30)11-16-9-10-18(31-16)13-5-7-15(8-6-13)23(27)28/h1-11H,12H2. The molecule has 0 aliphatic carbocycles. The zero-order chi connectivity index (χ0) is 22.8. The van der Waals surface area contributed by atoms with Crippen LogP contribution in [-0.2, 0) is 11.3 Å². The number of non-ortho nitro benzene ring substituents is 1. The third-order valence-corrected chi connectivity index (χ3v) is 5.56. The Balaban J connectivity index is 1.54. The molecule has 0 radical (unpaired) electrons. The number of nitro groups is 2. The molecule has 0 bridgehead atoms. The van der Waals surface area contributed by atoms with Gasteiger partial charge in [0.1, 0.15) is 11.5 Å². The Labute approximate surface area is 184 Å². The molecule has 0 N–H and O–H groups in total. The first kappa shape index (κ1) is 21.0. The molecule has 0 atom stereocenters. The number of thioether (sulfide) groups is 1. The van der Waals surface area contributed by atoms with Gasteiger partial charge in [0.15, 0.2) is 0 Å². The number of rotatable bonds is 6. The molecule has 1 aliphatic rings. The van der Waals surface area contributed by atoms with Gasteiger partial charge in [-0.25, -0.2) is 0 Å². The molecule has 0 spiro atoms. The highest BCUT2D eigenvalue weighted by molar-refractivity contribution is 8.18. The van der Waals surface area contributed by atoms with Gasteiger partial charge in [0.05, 0.1) is 21.3 Å². The number of nitrogens with zero attached hydrogens (tertiary/aromatic N) is 3. The second-order valence-electron chi connectivity index (χ2n) is 6.66. The van der Waals surface area contributed by atoms with Crippen molar-refractivity contribution in [2.24, 2.45) is 0 Å². The number of carbonyl (C=O) groups excluding carboxylic acids is 2. The van der Waals surface area contributed by atoms with Gasteiger partial charge in [0.25, 0.3) is 22.5 Å². The number of furan rings is 1. The fourth-order valence-electron chi connectivity index (χ4n) is 3.09. The maximum atomic E-state index is 12.7. The van der Waals surface area contributed by atoms with E-state index in [1.165, 1.54) is 36.4 Å². The normalized spacial score (nSPS) is 14.9. The molecule has 1 aromatic heterocycles. The van der Waals surface area contributed by atoms with Crippen LogP contribution in [0.4, 0.5) is 16.2 Å². The Hall–Kier alpha value is -4.25. The average Bonchev–Trinajstić information content (AvgIpc) is 3.34. The van der Waals surface area contributed by atoms with Gasteiger partial charge in [-0.1, -0.05) is 18.2 Å². The van der Waals surface area contributed by atoms with E-state index in [0.29, 0.717) is 28.8 Å². The van der Waals surface area contributed by atoms with Crippen molar-refractivity contribution in [2.45, 2.75) is 6.54 Å². The molecule has 2 aromatic carbocycles. The van der Waals surface area contributed by atoms with Crippen molar-refractivity contribution in [3.8, 4) is 11.3 Å². The van der Waals surface area contributed by atoms with Crippen molar-refractivity contribution in [2.75, 3.05) is 0 Å². The highest BCUT2D eigenvalue weighted by atomic mass is 32.2. The Morgan fingerprint density at radius 2 is 1.66 bits per heavy atom. The maximum absolute atomic E-state index is 12.7. The van der Waals surface area contributed by atoms with Crippen LogP contribution in [0.3, 0.4) is 0 Å². The molecule has 2 amide bonds. The van der Waals surface area contributed by atoms with Gasteiger partial charge in [-0.05, 0) is 36.0 Å². The Morgan fingerprint density at radius 1 is 0.938 bits per heavy atom. The number of hydrogen-bond donors (Lipinski definition) is 0. The van der Waals surface area contributed by atoms with Gasteiger partial charge in [-0.15, -0.1) is 0 Å². The summed E-state index contributed by atoms with van der Waals surface area (Å²) in [6.45, 7) is -0.217. The van der Waals surface area contributed by atoms with Gasteiger partial charge in [-0.3, -0.25) is 34.7 Å². The van der Waals surface area contributed by atoms with E-state index in [9.17, 15) is 29.8 Å². The van der Waals surface area contributed by atoms with Crippen LogP contribution in [0.2, 0.25) is 0 Å². The number of nitro benzene ring substituents is 2. The van der Waals surface area contributed by atoms with E-state index in [-0.39, 0.29) is 28.4 Å². The number of hydrogen-bond acceptors (Lipinski definition) is 8. The van der Waals surface area contributed by atoms with E-state index >= 15 is 0 Å². The lowest BCUT2D eigenvalue weighted by Crippen LogP contribution is -2.27. The lowest BCUT2D eigenvalue weighted by molar-refractivity contribution is -0.385. The molecule has 3 aromatic rings. The van der Waals surface area contributed by atoms with Crippen LogP contribution < -0.4 is 0 Å². The fourth-order valence-corrected chi connectivity index (χ4v) is 3.91. The molecular formula is C21H13N3O7S. The smallest absolute Gasteiger partial charge is 0.293 e. The molecule has 0 unspecified atom stereocenters. The van der Waals surface area contributed by atoms with Crippen molar-refractivity contribution in [1.82, 2.24) is 4.90 Å². The summed E-state index contributed by atoms with van der Waals surface area (Å²) in [4.78, 5) is 47.0. The van der Waals surface area contributed by atoms with Crippen molar-refractivity contribution >= 4 is 40.4 Å². The van der Waals surface area contributed by atoms with Gasteiger partial charge in [0, 0.05) is 35.4 Å². The summed E-state index contributed by atoms with van der Waals surface area (Å²) in [6.07, 6.45) is 1.42. The van der Waals surface area contributed by atoms with E-state index in [2.05, 4.69) is 0 Å². The predicted octanol–water partition coefficient (Wildman–Crippen LogP) is 5.00. The quantitative estimate of drug-likeness (QED) is 0.290. The van der Waals surface area contributed by atoms with Crippen LogP contribution >= 0.6 is 11.8 Å². The van der Waals surface area contributed by atoms with Crippen LogP contribution in [0.1, 0.15) is 11.3 Å². The second kappa shape index (κ2) is 8.47. The van der Waals surface area contributed by atoms with Crippen molar-refractivity contribution in [3.05, 3.63) is 97.1 Å². The average molecular weight is 451 g/mol. The summed E-state index contributed by atoms with van der Waals surface area (Å²) in [7, 11) is 0. The lowest BCUT2D eigenvalue weighted by Gasteiger charge is -2.12. The topological polar surface area (TPSA) is 137 Å². The lowest BCUT2D eigenvalue weighted by atomic mass is 10.1. The van der Waals surface area contributed by atoms with E-state index < -0.39 is 21.0 Å². The molecule has 10 nitrogen and oxygen atoms in total. The zero-order valence-electron chi connectivity index (χ0n) is 16.2. The van der Waals surface area contributed by atoms with E-state index in [4.69, 9.17) is 4.42 Å². The SMILES string of the molecule is O=C1SC(=Cc2ccc(-c3ccc([N+](=O)[O-])cc3)o2)C(=O)N1Cc1ccccc1[N+](=O)[O-]. The van der Waals surface area contributed by atoms with Crippen LogP contribution in [0, 0.1) is 20.2 Å². The molecule has 1 fully saturated rings. The van der Waals surface area contributed by atoms with Crippen LogP contribution in [0.25, 0.3) is 17.4 Å². The highest BCUT2D eigenvalue weighted by Gasteiger charge is 2.36. The van der Waals surface area contributed by atoms with Crippen LogP contribution in [-0.4, -0.2) is 25.9 Å². The summed E-state index contributed by atoms with van der Waals surface area (Å²) < 4.78 is 5.69. The number of para-hydroxylation sites is 1.